The van der Waals surface area contributed by atoms with Crippen molar-refractivity contribution in [1.29, 1.82) is 0 Å². The molecule has 17 aromatic carbocycles. The predicted octanol–water partition coefficient (Wildman–Crippen LogP) is 30.5. The minimum Gasteiger partial charge on any atom is -0.507 e. The van der Waals surface area contributed by atoms with Gasteiger partial charge in [-0.1, -0.05) is 399 Å². The standard InChI is InChI=1S/2C21H16O2.C21H22O.C18H16O.C17H14O.5C2H6/c22-20-12-4-11-19-18(20)10-5-13-21(19)23-14-16-8-3-7-15-6-1-2-9-17(15)16;22-20-12-13-21(19-11-4-3-10-18(19)20)23-14-16-8-5-7-15-6-1-2-9-17(15)16;1-21(2,3)18-11-13-19(14-12-18)22-15-17-9-6-8-16-7-4-5-10-20(16)17;1-14-7-2-5-12-18(14)19-13-16-10-6-9-15-8-3-4-11-17(15)16;1-2-10-16(11-3-1)18-13-15-9-6-8-14-7-4-5-12-17(14)15;5*1-2/h2*1-13,22H,14H2;4-14H,15H2,1-3H3;2-12H,13H2,1H3;1-12H,13H2;5*1-2H3. The number of benzene rings is 17. The molecule has 0 unspecified atom stereocenters. The van der Waals surface area contributed by atoms with E-state index >= 15 is 0 Å². The van der Waals surface area contributed by atoms with E-state index in [4.69, 9.17) is 23.7 Å². The fourth-order valence-corrected chi connectivity index (χ4v) is 12.9. The molecular formula is C108H114O7. The van der Waals surface area contributed by atoms with E-state index in [0.29, 0.717) is 33.0 Å². The van der Waals surface area contributed by atoms with Gasteiger partial charge in [-0.3, -0.25) is 0 Å². The molecule has 0 aliphatic heterocycles. The molecule has 0 aromatic heterocycles. The minimum atomic E-state index is 0.175. The highest BCUT2D eigenvalue weighted by Gasteiger charge is 2.15. The van der Waals surface area contributed by atoms with Crippen molar-refractivity contribution in [3.63, 3.8) is 0 Å². The number of hydrogen-bond donors (Lipinski definition) is 2. The molecule has 17 aromatic rings. The Morgan fingerprint density at radius 3 is 0.843 bits per heavy atom. The lowest BCUT2D eigenvalue weighted by molar-refractivity contribution is 0.305. The monoisotopic (exact) mass is 1520 g/mol. The lowest BCUT2D eigenvalue weighted by Gasteiger charge is -2.19. The average Bonchev–Trinajstić information content (AvgIpc) is 0.822. The van der Waals surface area contributed by atoms with Gasteiger partial charge in [0.15, 0.2) is 0 Å². The van der Waals surface area contributed by atoms with Gasteiger partial charge in [0.25, 0.3) is 0 Å². The van der Waals surface area contributed by atoms with Crippen molar-refractivity contribution >= 4 is 75.4 Å². The van der Waals surface area contributed by atoms with E-state index in [1.54, 1.807) is 12.1 Å². The number of aromatic hydroxyl groups is 2. The van der Waals surface area contributed by atoms with Gasteiger partial charge < -0.3 is 33.9 Å². The Balaban J connectivity index is 0.000000175. The summed E-state index contributed by atoms with van der Waals surface area (Å²) in [5.41, 5.74) is 8.64. The molecule has 0 saturated carbocycles. The van der Waals surface area contributed by atoms with Crippen molar-refractivity contribution in [2.75, 3.05) is 0 Å². The van der Waals surface area contributed by atoms with Crippen molar-refractivity contribution in [3.8, 4) is 40.2 Å². The second kappa shape index (κ2) is 46.9. The lowest BCUT2D eigenvalue weighted by Crippen LogP contribution is -2.10. The Hall–Kier alpha value is -12.8. The summed E-state index contributed by atoms with van der Waals surface area (Å²) in [4.78, 5) is 0. The highest BCUT2D eigenvalue weighted by Crippen LogP contribution is 2.36. The van der Waals surface area contributed by atoms with Crippen molar-refractivity contribution in [1.82, 2.24) is 0 Å². The molecule has 7 nitrogen and oxygen atoms in total. The Morgan fingerprint density at radius 1 is 0.209 bits per heavy atom. The maximum absolute atomic E-state index is 9.97. The number of fused-ring (bicyclic) bond motifs is 7. The van der Waals surface area contributed by atoms with Gasteiger partial charge in [-0.25, -0.2) is 0 Å². The van der Waals surface area contributed by atoms with Gasteiger partial charge in [0.2, 0.25) is 0 Å². The van der Waals surface area contributed by atoms with Crippen LogP contribution in [0.15, 0.2) is 364 Å². The molecule has 0 bridgehead atoms. The zero-order chi connectivity index (χ0) is 82.2. The van der Waals surface area contributed by atoms with Crippen LogP contribution in [0.1, 0.15) is 129 Å². The van der Waals surface area contributed by atoms with E-state index in [1.165, 1.54) is 81.7 Å². The molecule has 0 fully saturated rings. The molecule has 588 valence electrons. The van der Waals surface area contributed by atoms with E-state index in [9.17, 15) is 10.2 Å². The SMILES string of the molecule is CC.CC.CC.CC.CC.CC(C)(C)c1ccc(OCc2cccc3ccccc23)cc1.Cc1ccccc1OCc1cccc2ccccc12.Oc1ccc(OCc2cccc3ccccc23)c2ccccc12.Oc1cccc2c(OCc3cccc4ccccc34)cccc12.c1ccc(OCc2cccc3ccccc23)cc1. The molecule has 0 heterocycles. The molecule has 0 atom stereocenters. The zero-order valence-electron chi connectivity index (χ0n) is 69.6. The topological polar surface area (TPSA) is 86.6 Å². The smallest absolute Gasteiger partial charge is 0.127 e. The molecule has 0 saturated heterocycles. The third-order valence-electron chi connectivity index (χ3n) is 18.6. The van der Waals surface area contributed by atoms with Crippen molar-refractivity contribution < 1.29 is 33.9 Å². The van der Waals surface area contributed by atoms with Crippen molar-refractivity contribution in [2.24, 2.45) is 0 Å². The summed E-state index contributed by atoms with van der Waals surface area (Å²) >= 11 is 0. The Morgan fingerprint density at radius 2 is 0.461 bits per heavy atom. The molecule has 0 spiro atoms. The summed E-state index contributed by atoms with van der Waals surface area (Å²) in [5.74, 6) is 4.90. The maximum atomic E-state index is 9.97. The number of rotatable bonds is 15. The van der Waals surface area contributed by atoms with Gasteiger partial charge >= 0.3 is 0 Å². The largest absolute Gasteiger partial charge is 0.507 e. The fourth-order valence-electron chi connectivity index (χ4n) is 12.9. The molecular weight excluding hydrogens is 1410 g/mol. The third kappa shape index (κ3) is 24.8. The van der Waals surface area contributed by atoms with Crippen LogP contribution in [0, 0.1) is 6.92 Å². The van der Waals surface area contributed by atoms with Crippen molar-refractivity contribution in [2.45, 2.75) is 135 Å². The Labute approximate surface area is 683 Å². The molecule has 0 aliphatic carbocycles. The lowest BCUT2D eigenvalue weighted by atomic mass is 9.87. The average molecular weight is 1520 g/mol. The number of hydrogen-bond acceptors (Lipinski definition) is 7. The van der Waals surface area contributed by atoms with Gasteiger partial charge in [-0.2, -0.15) is 0 Å². The highest BCUT2D eigenvalue weighted by molar-refractivity contribution is 5.95. The minimum absolute atomic E-state index is 0.175. The Kier molecular flexibility index (Phi) is 35.8. The van der Waals surface area contributed by atoms with Crippen LogP contribution < -0.4 is 23.7 Å². The summed E-state index contributed by atoms with van der Waals surface area (Å²) in [7, 11) is 0. The van der Waals surface area contributed by atoms with Crippen LogP contribution >= 0.6 is 0 Å². The second-order valence-electron chi connectivity index (χ2n) is 26.7. The highest BCUT2D eigenvalue weighted by atomic mass is 16.5. The zero-order valence-corrected chi connectivity index (χ0v) is 69.6. The molecule has 7 heteroatoms. The first-order valence-electron chi connectivity index (χ1n) is 40.6. The van der Waals surface area contributed by atoms with E-state index < -0.39 is 0 Å². The van der Waals surface area contributed by atoms with Crippen LogP contribution in [0.4, 0.5) is 0 Å². The molecule has 0 aliphatic rings. The van der Waals surface area contributed by atoms with Gasteiger partial charge in [0.1, 0.15) is 73.3 Å². The molecule has 0 amide bonds. The maximum Gasteiger partial charge on any atom is 0.127 e. The van der Waals surface area contributed by atoms with Gasteiger partial charge in [0, 0.05) is 21.5 Å². The van der Waals surface area contributed by atoms with E-state index in [1.807, 2.05) is 203 Å². The fraction of sp³-hybridized carbons (Fsp3) is 0.185. The summed E-state index contributed by atoms with van der Waals surface area (Å²) in [6.07, 6.45) is 0. The van der Waals surface area contributed by atoms with Crippen LogP contribution in [0.2, 0.25) is 0 Å². The number of phenols is 2. The van der Waals surface area contributed by atoms with Gasteiger partial charge in [-0.05, 0) is 160 Å². The third-order valence-corrected chi connectivity index (χ3v) is 18.6. The first-order valence-corrected chi connectivity index (χ1v) is 40.6. The first kappa shape index (κ1) is 87.7. The van der Waals surface area contributed by atoms with Crippen LogP contribution in [-0.4, -0.2) is 10.2 Å². The molecule has 2 N–H and O–H groups in total. The van der Waals surface area contributed by atoms with Crippen molar-refractivity contribution in [3.05, 3.63) is 403 Å². The number of ether oxygens (including phenoxy) is 5. The predicted molar refractivity (Wildman–Crippen MR) is 492 cm³/mol. The quantitative estimate of drug-likeness (QED) is 0.106. The molecule has 0 radical (unpaired) electrons. The Bertz CT molecular complexity index is 5580. The van der Waals surface area contributed by atoms with Gasteiger partial charge in [0.05, 0.1) is 0 Å². The first-order chi connectivity index (χ1) is 56.5. The van der Waals surface area contributed by atoms with Crippen LogP contribution in [0.25, 0.3) is 75.4 Å². The van der Waals surface area contributed by atoms with E-state index in [2.05, 4.69) is 246 Å². The number of phenolic OH excluding ortho intramolecular Hbond substituents is 2. The van der Waals surface area contributed by atoms with Crippen LogP contribution in [0.5, 0.6) is 40.2 Å². The second-order valence-corrected chi connectivity index (χ2v) is 26.7. The van der Waals surface area contributed by atoms with Crippen LogP contribution in [-0.2, 0) is 38.4 Å². The molecule has 115 heavy (non-hydrogen) atoms. The number of aryl methyl sites for hydroxylation is 1. The summed E-state index contributed by atoms with van der Waals surface area (Å²) in [6, 6.07) is 122. The molecule has 17 rings (SSSR count). The van der Waals surface area contributed by atoms with E-state index in [0.717, 1.165) is 61.4 Å². The summed E-state index contributed by atoms with van der Waals surface area (Å²) in [6.45, 7) is 31.5. The van der Waals surface area contributed by atoms with Crippen LogP contribution in [0.3, 0.4) is 0 Å². The number of para-hydroxylation sites is 2. The normalized spacial score (nSPS) is 10.2. The summed E-state index contributed by atoms with van der Waals surface area (Å²) < 4.78 is 29.8. The van der Waals surface area contributed by atoms with Gasteiger partial charge in [-0.15, -0.1) is 0 Å². The summed E-state index contributed by atoms with van der Waals surface area (Å²) in [5, 5.41) is 35.8. The van der Waals surface area contributed by atoms with E-state index in [-0.39, 0.29) is 16.9 Å².